The predicted octanol–water partition coefficient (Wildman–Crippen LogP) is 1.61. The van der Waals surface area contributed by atoms with Crippen LogP contribution < -0.4 is 10.9 Å². The molecule has 1 fully saturated rings. The van der Waals surface area contributed by atoms with E-state index in [0.717, 1.165) is 37.5 Å². The molecule has 3 heterocycles. The van der Waals surface area contributed by atoms with E-state index < -0.39 is 0 Å². The van der Waals surface area contributed by atoms with Crippen LogP contribution in [-0.2, 0) is 6.42 Å². The van der Waals surface area contributed by atoms with Crippen LogP contribution in [0.15, 0.2) is 17.1 Å². The van der Waals surface area contributed by atoms with Crippen molar-refractivity contribution in [1.82, 2.24) is 19.9 Å². The highest BCUT2D eigenvalue weighted by atomic mass is 35.5. The standard InChI is InChI=1S/C13H17ClN4O/c14-11-8-16-18-12(19)7-10(17-13(11)18)2-1-9-3-5-15-6-4-9/h7-9,15-16H,1-6H2. The topological polar surface area (TPSA) is 62.2 Å². The zero-order chi connectivity index (χ0) is 13.2. The minimum atomic E-state index is -0.0998. The van der Waals surface area contributed by atoms with Crippen LogP contribution >= 0.6 is 11.6 Å². The van der Waals surface area contributed by atoms with Crippen molar-refractivity contribution in [3.63, 3.8) is 0 Å². The Morgan fingerprint density at radius 3 is 3.00 bits per heavy atom. The van der Waals surface area contributed by atoms with Crippen LogP contribution in [0.4, 0.5) is 0 Å². The van der Waals surface area contributed by atoms with Gasteiger partial charge in [0.2, 0.25) is 0 Å². The summed E-state index contributed by atoms with van der Waals surface area (Å²) in [4.78, 5) is 16.4. The molecule has 0 bridgehead atoms. The van der Waals surface area contributed by atoms with Gasteiger partial charge >= 0.3 is 0 Å². The number of hydrogen-bond donors (Lipinski definition) is 2. The van der Waals surface area contributed by atoms with Crippen molar-refractivity contribution in [3.05, 3.63) is 33.3 Å². The van der Waals surface area contributed by atoms with Crippen molar-refractivity contribution in [2.45, 2.75) is 25.7 Å². The van der Waals surface area contributed by atoms with Gasteiger partial charge in [0.25, 0.3) is 5.56 Å². The summed E-state index contributed by atoms with van der Waals surface area (Å²) in [7, 11) is 0. The van der Waals surface area contributed by atoms with E-state index in [4.69, 9.17) is 11.6 Å². The molecule has 0 amide bonds. The van der Waals surface area contributed by atoms with Gasteiger partial charge in [-0.05, 0) is 44.7 Å². The second-order valence-electron chi connectivity index (χ2n) is 5.10. The van der Waals surface area contributed by atoms with Crippen molar-refractivity contribution in [2.24, 2.45) is 5.92 Å². The van der Waals surface area contributed by atoms with Gasteiger partial charge in [-0.15, -0.1) is 0 Å². The van der Waals surface area contributed by atoms with Gasteiger partial charge < -0.3 is 5.32 Å². The van der Waals surface area contributed by atoms with Gasteiger partial charge in [0.1, 0.15) is 5.02 Å². The molecule has 0 unspecified atom stereocenters. The normalized spacial score (nSPS) is 17.1. The number of piperidine rings is 1. The van der Waals surface area contributed by atoms with E-state index in [2.05, 4.69) is 15.4 Å². The molecular formula is C13H17ClN4O. The Bertz CT molecular complexity index is 627. The molecule has 0 atom stereocenters. The second-order valence-corrected chi connectivity index (χ2v) is 5.51. The van der Waals surface area contributed by atoms with E-state index in [-0.39, 0.29) is 5.56 Å². The third kappa shape index (κ3) is 2.67. The first kappa shape index (κ1) is 12.7. The van der Waals surface area contributed by atoms with Crippen molar-refractivity contribution in [3.8, 4) is 0 Å². The van der Waals surface area contributed by atoms with Crippen LogP contribution in [0, 0.1) is 5.92 Å². The van der Waals surface area contributed by atoms with Crippen molar-refractivity contribution >= 4 is 17.2 Å². The Morgan fingerprint density at radius 1 is 1.42 bits per heavy atom. The average molecular weight is 281 g/mol. The number of aryl methyl sites for hydroxylation is 1. The molecule has 2 N–H and O–H groups in total. The maximum absolute atomic E-state index is 11.9. The smallest absolute Gasteiger partial charge is 0.272 e. The lowest BCUT2D eigenvalue weighted by atomic mass is 9.92. The Morgan fingerprint density at radius 2 is 2.21 bits per heavy atom. The van der Waals surface area contributed by atoms with E-state index >= 15 is 0 Å². The summed E-state index contributed by atoms with van der Waals surface area (Å²) in [5, 5.41) is 6.64. The molecule has 1 aliphatic heterocycles. The number of nitrogens with one attached hydrogen (secondary N) is 2. The molecule has 19 heavy (non-hydrogen) atoms. The molecule has 2 aromatic heterocycles. The lowest BCUT2D eigenvalue weighted by molar-refractivity contribution is 0.353. The van der Waals surface area contributed by atoms with Gasteiger partial charge in [-0.3, -0.25) is 9.89 Å². The first-order valence-corrected chi connectivity index (χ1v) is 7.08. The first-order chi connectivity index (χ1) is 9.24. The first-order valence-electron chi connectivity index (χ1n) is 6.70. The molecule has 1 aliphatic rings. The molecular weight excluding hydrogens is 264 g/mol. The summed E-state index contributed by atoms with van der Waals surface area (Å²) < 4.78 is 1.37. The van der Waals surface area contributed by atoms with Gasteiger partial charge in [0.15, 0.2) is 5.65 Å². The number of H-pyrrole nitrogens is 1. The Labute approximate surface area is 116 Å². The van der Waals surface area contributed by atoms with Gasteiger partial charge in [0, 0.05) is 18.0 Å². The van der Waals surface area contributed by atoms with Crippen LogP contribution in [0.5, 0.6) is 0 Å². The molecule has 2 aromatic rings. The summed E-state index contributed by atoms with van der Waals surface area (Å²) in [5.41, 5.74) is 1.26. The van der Waals surface area contributed by atoms with E-state index in [0.29, 0.717) is 10.7 Å². The highest BCUT2D eigenvalue weighted by Crippen LogP contribution is 2.19. The highest BCUT2D eigenvalue weighted by molar-refractivity contribution is 6.33. The highest BCUT2D eigenvalue weighted by Gasteiger charge is 2.14. The number of rotatable bonds is 3. The monoisotopic (exact) mass is 280 g/mol. The summed E-state index contributed by atoms with van der Waals surface area (Å²) in [5.74, 6) is 0.739. The van der Waals surface area contributed by atoms with E-state index in [1.165, 1.54) is 17.4 Å². The van der Waals surface area contributed by atoms with Gasteiger partial charge in [0.05, 0.1) is 0 Å². The SMILES string of the molecule is O=c1cc(CCC2CCNCC2)nc2c(Cl)c[nH]n12. The molecule has 0 aliphatic carbocycles. The predicted molar refractivity (Wildman–Crippen MR) is 74.7 cm³/mol. The summed E-state index contributed by atoms with van der Waals surface area (Å²) in [6.07, 6.45) is 5.95. The number of aromatic amines is 1. The molecule has 0 radical (unpaired) electrons. The molecule has 1 saturated heterocycles. The Balaban J connectivity index is 1.77. The minimum Gasteiger partial charge on any atom is -0.317 e. The second kappa shape index (κ2) is 5.35. The Kier molecular flexibility index (Phi) is 3.57. The maximum Gasteiger partial charge on any atom is 0.272 e. The number of fused-ring (bicyclic) bond motifs is 1. The molecule has 102 valence electrons. The molecule has 6 heteroatoms. The van der Waals surface area contributed by atoms with Gasteiger partial charge in [-0.1, -0.05) is 11.6 Å². The molecule has 3 rings (SSSR count). The van der Waals surface area contributed by atoms with E-state index in [9.17, 15) is 4.79 Å². The third-order valence-electron chi connectivity index (χ3n) is 3.77. The molecule has 5 nitrogen and oxygen atoms in total. The van der Waals surface area contributed by atoms with E-state index in [1.54, 1.807) is 12.3 Å². The van der Waals surface area contributed by atoms with Crippen molar-refractivity contribution in [1.29, 1.82) is 0 Å². The van der Waals surface area contributed by atoms with Crippen molar-refractivity contribution in [2.75, 3.05) is 13.1 Å². The number of nitrogens with zero attached hydrogens (tertiary/aromatic N) is 2. The average Bonchev–Trinajstić information content (AvgIpc) is 2.80. The number of aromatic nitrogens is 3. The number of hydrogen-bond acceptors (Lipinski definition) is 3. The zero-order valence-corrected chi connectivity index (χ0v) is 11.4. The largest absolute Gasteiger partial charge is 0.317 e. The summed E-state index contributed by atoms with van der Waals surface area (Å²) >= 11 is 6.00. The fraction of sp³-hybridized carbons (Fsp3) is 0.538. The summed E-state index contributed by atoms with van der Waals surface area (Å²) in [6, 6.07) is 1.60. The quantitative estimate of drug-likeness (QED) is 0.898. The van der Waals surface area contributed by atoms with Crippen LogP contribution in [-0.4, -0.2) is 27.7 Å². The molecule has 0 aromatic carbocycles. The number of halogens is 1. The minimum absolute atomic E-state index is 0.0998. The maximum atomic E-state index is 11.9. The fourth-order valence-corrected chi connectivity index (χ4v) is 2.83. The van der Waals surface area contributed by atoms with Gasteiger partial charge in [-0.2, -0.15) is 0 Å². The molecule has 0 saturated carbocycles. The van der Waals surface area contributed by atoms with Crippen LogP contribution in [0.25, 0.3) is 5.65 Å². The Hall–Kier alpha value is -1.33. The molecule has 0 spiro atoms. The van der Waals surface area contributed by atoms with Crippen LogP contribution in [0.3, 0.4) is 0 Å². The third-order valence-corrected chi connectivity index (χ3v) is 4.05. The van der Waals surface area contributed by atoms with Gasteiger partial charge in [-0.25, -0.2) is 9.50 Å². The van der Waals surface area contributed by atoms with Crippen LogP contribution in [0.1, 0.15) is 25.0 Å². The lowest BCUT2D eigenvalue weighted by Crippen LogP contribution is -2.28. The van der Waals surface area contributed by atoms with E-state index in [1.807, 2.05) is 0 Å². The lowest BCUT2D eigenvalue weighted by Gasteiger charge is -2.22. The zero-order valence-electron chi connectivity index (χ0n) is 10.7. The fourth-order valence-electron chi connectivity index (χ4n) is 2.65. The van der Waals surface area contributed by atoms with Crippen molar-refractivity contribution < 1.29 is 0 Å². The summed E-state index contributed by atoms with van der Waals surface area (Å²) in [6.45, 7) is 2.20. The van der Waals surface area contributed by atoms with Crippen LogP contribution in [0.2, 0.25) is 5.02 Å².